The monoisotopic (exact) mass is 317 g/mol. The minimum atomic E-state index is -0.420. The van der Waals surface area contributed by atoms with E-state index in [0.29, 0.717) is 26.3 Å². The molecule has 0 saturated carbocycles. The maximum absolute atomic E-state index is 12.2. The number of urea groups is 1. The lowest BCUT2D eigenvalue weighted by molar-refractivity contribution is -0.126. The quantitative estimate of drug-likeness (QED) is 0.879. The average molecular weight is 317 g/mol. The number of benzene rings is 1. The standard InChI is InChI=1S/C17H23N3O3/c1-12(20-8-10-23-11-9-20)16(21)19-17(22)18-15-7-6-13-4-2-3-5-14(13)15/h2-5,12,15H,6-11H2,1H3,(H2,18,19,21,22). The van der Waals surface area contributed by atoms with E-state index in [2.05, 4.69) is 16.7 Å². The van der Waals surface area contributed by atoms with Crippen molar-refractivity contribution in [1.29, 1.82) is 0 Å². The molecule has 1 aromatic carbocycles. The number of rotatable bonds is 3. The lowest BCUT2D eigenvalue weighted by Gasteiger charge is -2.31. The van der Waals surface area contributed by atoms with Gasteiger partial charge >= 0.3 is 6.03 Å². The molecule has 23 heavy (non-hydrogen) atoms. The summed E-state index contributed by atoms with van der Waals surface area (Å²) in [5, 5.41) is 5.37. The smallest absolute Gasteiger partial charge is 0.321 e. The highest BCUT2D eigenvalue weighted by atomic mass is 16.5. The van der Waals surface area contributed by atoms with E-state index in [-0.39, 0.29) is 18.0 Å². The molecule has 1 heterocycles. The molecule has 1 fully saturated rings. The van der Waals surface area contributed by atoms with E-state index in [4.69, 9.17) is 4.74 Å². The fraction of sp³-hybridized carbons (Fsp3) is 0.529. The minimum Gasteiger partial charge on any atom is -0.379 e. The van der Waals surface area contributed by atoms with Gasteiger partial charge in [0.05, 0.1) is 25.3 Å². The summed E-state index contributed by atoms with van der Waals surface area (Å²) in [4.78, 5) is 26.4. The first-order valence-corrected chi connectivity index (χ1v) is 8.16. The maximum Gasteiger partial charge on any atom is 0.321 e. The van der Waals surface area contributed by atoms with Crippen LogP contribution in [0.4, 0.5) is 4.79 Å². The zero-order valence-electron chi connectivity index (χ0n) is 13.4. The Bertz CT molecular complexity index is 584. The Kier molecular flexibility index (Phi) is 4.93. The van der Waals surface area contributed by atoms with Crippen molar-refractivity contribution in [3.63, 3.8) is 0 Å². The van der Waals surface area contributed by atoms with Crippen LogP contribution in [-0.4, -0.2) is 49.2 Å². The third kappa shape index (κ3) is 3.71. The Balaban J connectivity index is 1.52. The number of ether oxygens (including phenoxy) is 1. The van der Waals surface area contributed by atoms with Crippen molar-refractivity contribution in [2.75, 3.05) is 26.3 Å². The molecule has 1 saturated heterocycles. The first-order valence-electron chi connectivity index (χ1n) is 8.16. The molecule has 1 aliphatic carbocycles. The zero-order valence-corrected chi connectivity index (χ0v) is 13.4. The lowest BCUT2D eigenvalue weighted by atomic mass is 10.1. The lowest BCUT2D eigenvalue weighted by Crippen LogP contribution is -2.52. The molecule has 124 valence electrons. The molecule has 6 nitrogen and oxygen atoms in total. The molecule has 0 spiro atoms. The number of carbonyl (C=O) groups excluding carboxylic acids is 2. The molecule has 1 aliphatic heterocycles. The van der Waals surface area contributed by atoms with Crippen molar-refractivity contribution in [2.45, 2.75) is 31.8 Å². The summed E-state index contributed by atoms with van der Waals surface area (Å²) in [5.41, 5.74) is 2.42. The summed E-state index contributed by atoms with van der Waals surface area (Å²) >= 11 is 0. The van der Waals surface area contributed by atoms with Crippen LogP contribution in [0.1, 0.15) is 30.5 Å². The van der Waals surface area contributed by atoms with Crippen molar-refractivity contribution in [3.8, 4) is 0 Å². The van der Waals surface area contributed by atoms with Gasteiger partial charge in [-0.05, 0) is 30.9 Å². The maximum atomic E-state index is 12.2. The van der Waals surface area contributed by atoms with Crippen molar-refractivity contribution in [3.05, 3.63) is 35.4 Å². The number of morpholine rings is 1. The van der Waals surface area contributed by atoms with Gasteiger partial charge in [0.15, 0.2) is 0 Å². The van der Waals surface area contributed by atoms with Crippen LogP contribution in [0, 0.1) is 0 Å². The number of hydrogen-bond donors (Lipinski definition) is 2. The second kappa shape index (κ2) is 7.10. The fourth-order valence-electron chi connectivity index (χ4n) is 3.25. The van der Waals surface area contributed by atoms with Crippen molar-refractivity contribution in [2.24, 2.45) is 0 Å². The molecule has 2 aliphatic rings. The number of fused-ring (bicyclic) bond motifs is 1. The van der Waals surface area contributed by atoms with Gasteiger partial charge in [-0.15, -0.1) is 0 Å². The fourth-order valence-corrected chi connectivity index (χ4v) is 3.25. The molecule has 0 aromatic heterocycles. The third-order valence-corrected chi connectivity index (χ3v) is 4.65. The largest absolute Gasteiger partial charge is 0.379 e. The first-order chi connectivity index (χ1) is 11.1. The Morgan fingerprint density at radius 1 is 1.26 bits per heavy atom. The topological polar surface area (TPSA) is 70.7 Å². The third-order valence-electron chi connectivity index (χ3n) is 4.65. The number of nitrogens with zero attached hydrogens (tertiary/aromatic N) is 1. The summed E-state index contributed by atoms with van der Waals surface area (Å²) < 4.78 is 5.28. The molecule has 1 aromatic rings. The molecular formula is C17H23N3O3. The van der Waals surface area contributed by atoms with Crippen molar-refractivity contribution < 1.29 is 14.3 Å². The van der Waals surface area contributed by atoms with Crippen molar-refractivity contribution in [1.82, 2.24) is 15.5 Å². The second-order valence-corrected chi connectivity index (χ2v) is 6.08. The number of imide groups is 1. The van der Waals surface area contributed by atoms with E-state index in [1.165, 1.54) is 5.56 Å². The summed E-state index contributed by atoms with van der Waals surface area (Å²) in [7, 11) is 0. The Hall–Kier alpha value is -1.92. The van der Waals surface area contributed by atoms with Gasteiger partial charge in [-0.3, -0.25) is 15.0 Å². The van der Waals surface area contributed by atoms with Crippen LogP contribution in [0.25, 0.3) is 0 Å². The van der Waals surface area contributed by atoms with E-state index >= 15 is 0 Å². The summed E-state index contributed by atoms with van der Waals surface area (Å²) in [6.07, 6.45) is 1.83. The van der Waals surface area contributed by atoms with Crippen LogP contribution in [0.2, 0.25) is 0 Å². The first kappa shape index (κ1) is 16.0. The number of hydrogen-bond acceptors (Lipinski definition) is 4. The second-order valence-electron chi connectivity index (χ2n) is 6.08. The number of carbonyl (C=O) groups is 2. The van der Waals surface area contributed by atoms with Crippen LogP contribution in [0.5, 0.6) is 0 Å². The summed E-state index contributed by atoms with van der Waals surface area (Å²) in [5.74, 6) is -0.268. The molecule has 2 unspecified atom stereocenters. The van der Waals surface area contributed by atoms with Crippen LogP contribution < -0.4 is 10.6 Å². The summed E-state index contributed by atoms with van der Waals surface area (Å²) in [6.45, 7) is 4.50. The van der Waals surface area contributed by atoms with E-state index in [1.54, 1.807) is 0 Å². The van der Waals surface area contributed by atoms with Gasteiger partial charge in [0.2, 0.25) is 5.91 Å². The normalized spacial score (nSPS) is 22.2. The van der Waals surface area contributed by atoms with Gasteiger partial charge in [0.25, 0.3) is 0 Å². The van der Waals surface area contributed by atoms with Gasteiger partial charge in [-0.2, -0.15) is 0 Å². The summed E-state index contributed by atoms with van der Waals surface area (Å²) in [6, 6.07) is 7.33. The van der Waals surface area contributed by atoms with E-state index < -0.39 is 6.03 Å². The highest BCUT2D eigenvalue weighted by Gasteiger charge is 2.27. The van der Waals surface area contributed by atoms with Gasteiger partial charge in [-0.1, -0.05) is 24.3 Å². The Labute approximate surface area is 136 Å². The minimum absolute atomic E-state index is 0.0160. The van der Waals surface area contributed by atoms with Gasteiger partial charge in [-0.25, -0.2) is 4.79 Å². The highest BCUT2D eigenvalue weighted by molar-refractivity contribution is 5.97. The zero-order chi connectivity index (χ0) is 16.2. The molecule has 6 heteroatoms. The van der Waals surface area contributed by atoms with Crippen LogP contribution >= 0.6 is 0 Å². The van der Waals surface area contributed by atoms with Crippen LogP contribution in [0.15, 0.2) is 24.3 Å². The Morgan fingerprint density at radius 3 is 2.78 bits per heavy atom. The number of aryl methyl sites for hydroxylation is 1. The molecule has 3 amide bonds. The molecule has 0 bridgehead atoms. The SMILES string of the molecule is CC(C(=O)NC(=O)NC1CCc2ccccc21)N1CCOCC1. The highest BCUT2D eigenvalue weighted by Crippen LogP contribution is 2.30. The molecule has 0 radical (unpaired) electrons. The average Bonchev–Trinajstić information content (AvgIpc) is 2.98. The van der Waals surface area contributed by atoms with Gasteiger partial charge in [0.1, 0.15) is 0 Å². The number of amides is 3. The van der Waals surface area contributed by atoms with Gasteiger partial charge < -0.3 is 10.1 Å². The molecule has 2 N–H and O–H groups in total. The Morgan fingerprint density at radius 2 is 2.00 bits per heavy atom. The molecular weight excluding hydrogens is 294 g/mol. The molecule has 3 rings (SSSR count). The molecule has 2 atom stereocenters. The van der Waals surface area contributed by atoms with Crippen LogP contribution in [-0.2, 0) is 16.0 Å². The number of nitrogens with one attached hydrogen (secondary N) is 2. The van der Waals surface area contributed by atoms with Crippen molar-refractivity contribution >= 4 is 11.9 Å². The predicted octanol–water partition coefficient (Wildman–Crippen LogP) is 1.22. The van der Waals surface area contributed by atoms with Gasteiger partial charge in [0, 0.05) is 13.1 Å². The van der Waals surface area contributed by atoms with E-state index in [9.17, 15) is 9.59 Å². The van der Waals surface area contributed by atoms with E-state index in [1.807, 2.05) is 30.0 Å². The van der Waals surface area contributed by atoms with Crippen LogP contribution in [0.3, 0.4) is 0 Å². The van der Waals surface area contributed by atoms with E-state index in [0.717, 1.165) is 18.4 Å². The predicted molar refractivity (Wildman–Crippen MR) is 86.0 cm³/mol.